The first kappa shape index (κ1) is 22.9. The number of amides is 3. The summed E-state index contributed by atoms with van der Waals surface area (Å²) >= 11 is 0. The molecule has 1 aromatic carbocycles. The van der Waals surface area contributed by atoms with Crippen molar-refractivity contribution in [2.45, 2.75) is 50.4 Å². The molecule has 31 heavy (non-hydrogen) atoms. The van der Waals surface area contributed by atoms with E-state index in [0.29, 0.717) is 6.07 Å². The van der Waals surface area contributed by atoms with Crippen LogP contribution in [0.5, 0.6) is 5.75 Å². The number of aliphatic hydroxyl groups is 1. The first-order chi connectivity index (χ1) is 14.6. The molecule has 0 aromatic heterocycles. The van der Waals surface area contributed by atoms with Crippen LogP contribution in [-0.2, 0) is 11.3 Å². The number of urea groups is 1. The van der Waals surface area contributed by atoms with Gasteiger partial charge in [-0.05, 0) is 25.3 Å². The van der Waals surface area contributed by atoms with Crippen molar-refractivity contribution in [3.05, 3.63) is 29.6 Å². The molecule has 1 heterocycles. The van der Waals surface area contributed by atoms with E-state index in [4.69, 9.17) is 4.74 Å². The molecule has 3 amide bonds. The number of ether oxygens (including phenoxy) is 2. The maximum absolute atomic E-state index is 14.1. The summed E-state index contributed by atoms with van der Waals surface area (Å²) < 4.78 is 59.2. The van der Waals surface area contributed by atoms with E-state index in [2.05, 4.69) is 10.1 Å². The number of carbonyl (C=O) groups excluding carboxylic acids is 2. The van der Waals surface area contributed by atoms with Crippen LogP contribution in [0.3, 0.4) is 0 Å². The molecule has 1 aliphatic heterocycles. The van der Waals surface area contributed by atoms with Crippen molar-refractivity contribution in [3.63, 3.8) is 0 Å². The zero-order valence-corrected chi connectivity index (χ0v) is 16.7. The summed E-state index contributed by atoms with van der Waals surface area (Å²) in [5, 5.41) is 12.7. The Kier molecular flexibility index (Phi) is 6.77. The summed E-state index contributed by atoms with van der Waals surface area (Å²) in [4.78, 5) is 27.5. The number of likely N-dealkylation sites (tertiary alicyclic amines) is 1. The van der Waals surface area contributed by atoms with Gasteiger partial charge in [-0.25, -0.2) is 14.0 Å². The maximum Gasteiger partial charge on any atom is 0.573 e. The molecule has 172 valence electrons. The van der Waals surface area contributed by atoms with Gasteiger partial charge >= 0.3 is 18.5 Å². The van der Waals surface area contributed by atoms with Crippen LogP contribution < -0.4 is 10.1 Å². The van der Waals surface area contributed by atoms with Crippen molar-refractivity contribution in [2.24, 2.45) is 0 Å². The summed E-state index contributed by atoms with van der Waals surface area (Å²) in [5.41, 5.74) is -0.0153. The van der Waals surface area contributed by atoms with Gasteiger partial charge in [-0.3, -0.25) is 0 Å². The highest BCUT2D eigenvalue weighted by atomic mass is 19.4. The molecule has 3 rings (SSSR count). The number of halogens is 4. The predicted octanol–water partition coefficient (Wildman–Crippen LogP) is 2.60. The summed E-state index contributed by atoms with van der Waals surface area (Å²) in [6.07, 6.45) is -4.58. The van der Waals surface area contributed by atoms with Crippen molar-refractivity contribution >= 4 is 12.1 Å². The van der Waals surface area contributed by atoms with E-state index in [9.17, 15) is 32.3 Å². The van der Waals surface area contributed by atoms with Gasteiger partial charge in [0.15, 0.2) is 0 Å². The minimum Gasteiger partial charge on any atom is -0.453 e. The second kappa shape index (κ2) is 9.16. The lowest BCUT2D eigenvalue weighted by Gasteiger charge is -2.40. The fourth-order valence-electron chi connectivity index (χ4n) is 3.64. The van der Waals surface area contributed by atoms with Gasteiger partial charge < -0.3 is 29.7 Å². The van der Waals surface area contributed by atoms with Crippen molar-refractivity contribution in [1.82, 2.24) is 15.1 Å². The Hall–Kier alpha value is -2.76. The third kappa shape index (κ3) is 6.12. The van der Waals surface area contributed by atoms with Crippen LogP contribution in [0.25, 0.3) is 0 Å². The number of nitrogens with zero attached hydrogens (tertiary/aromatic N) is 2. The smallest absolute Gasteiger partial charge is 0.453 e. The number of hydrogen-bond acceptors (Lipinski definition) is 5. The number of piperidine rings is 1. The van der Waals surface area contributed by atoms with Crippen molar-refractivity contribution in [2.75, 3.05) is 20.2 Å². The molecule has 1 saturated heterocycles. The minimum absolute atomic E-state index is 0.0153. The average molecular weight is 449 g/mol. The Bertz CT molecular complexity index is 818. The van der Waals surface area contributed by atoms with E-state index in [1.165, 1.54) is 16.9 Å². The number of hydrogen-bond donors (Lipinski definition) is 2. The molecule has 1 saturated carbocycles. The van der Waals surface area contributed by atoms with E-state index >= 15 is 0 Å². The lowest BCUT2D eigenvalue weighted by molar-refractivity contribution is -0.274. The van der Waals surface area contributed by atoms with E-state index in [1.807, 2.05) is 0 Å². The maximum atomic E-state index is 14.1. The van der Waals surface area contributed by atoms with Crippen LogP contribution >= 0.6 is 0 Å². The molecule has 0 spiro atoms. The van der Waals surface area contributed by atoms with Crippen LogP contribution in [0.2, 0.25) is 0 Å². The number of alkyl halides is 3. The fourth-order valence-corrected chi connectivity index (χ4v) is 3.64. The zero-order valence-electron chi connectivity index (χ0n) is 16.7. The van der Waals surface area contributed by atoms with Crippen LogP contribution in [0.15, 0.2) is 18.2 Å². The average Bonchev–Trinajstić information content (AvgIpc) is 3.50. The van der Waals surface area contributed by atoms with Crippen molar-refractivity contribution in [1.29, 1.82) is 0 Å². The third-order valence-electron chi connectivity index (χ3n) is 5.10. The molecule has 8 nitrogen and oxygen atoms in total. The molecular weight excluding hydrogens is 426 g/mol. The quantitative estimate of drug-likeness (QED) is 0.675. The summed E-state index contributed by atoms with van der Waals surface area (Å²) in [5.74, 6) is -1.65. The molecule has 2 aliphatic rings. The molecule has 1 unspecified atom stereocenters. The van der Waals surface area contributed by atoms with Crippen molar-refractivity contribution in [3.8, 4) is 5.75 Å². The normalized spacial score (nSPS) is 21.4. The van der Waals surface area contributed by atoms with Crippen molar-refractivity contribution < 1.29 is 41.7 Å². The van der Waals surface area contributed by atoms with Gasteiger partial charge in [0.05, 0.1) is 25.8 Å². The van der Waals surface area contributed by atoms with Crippen LogP contribution in [0.4, 0.5) is 27.2 Å². The first-order valence-electron chi connectivity index (χ1n) is 9.68. The fraction of sp³-hybridized carbons (Fsp3) is 0.579. The molecule has 0 radical (unpaired) electrons. The highest BCUT2D eigenvalue weighted by Gasteiger charge is 2.42. The zero-order chi connectivity index (χ0) is 22.8. The Morgan fingerprint density at radius 3 is 2.55 bits per heavy atom. The summed E-state index contributed by atoms with van der Waals surface area (Å²) in [6, 6.07) is 1.62. The summed E-state index contributed by atoms with van der Waals surface area (Å²) in [6.45, 7) is 0.0303. The van der Waals surface area contributed by atoms with E-state index in [0.717, 1.165) is 25.0 Å². The SMILES string of the molecule is COC(=O)N1CC(N(C(=O)NCc2ccc(OC(F)(F)F)cc2F)C2CC2)C[C@@H](O)C1. The lowest BCUT2D eigenvalue weighted by Crippen LogP contribution is -2.58. The van der Waals surface area contributed by atoms with Gasteiger partial charge in [0.1, 0.15) is 11.6 Å². The standard InChI is InChI=1S/C19H23F4N3O5/c1-30-18(29)25-9-13(6-14(27)10-25)26(12-3-4-12)17(28)24-8-11-2-5-15(7-16(11)20)31-19(21,22)23/h2,5,7,12-14,27H,3-4,6,8-10H2,1H3,(H,24,28)/t13?,14-/m1/s1. The predicted molar refractivity (Wildman–Crippen MR) is 98.6 cm³/mol. The first-order valence-corrected chi connectivity index (χ1v) is 9.68. The summed E-state index contributed by atoms with van der Waals surface area (Å²) in [7, 11) is 1.23. The Balaban J connectivity index is 1.64. The van der Waals surface area contributed by atoms with Gasteiger partial charge in [0.2, 0.25) is 0 Å². The third-order valence-corrected chi connectivity index (χ3v) is 5.10. The number of rotatable bonds is 5. The van der Waals surface area contributed by atoms with E-state index in [-0.39, 0.29) is 37.7 Å². The monoisotopic (exact) mass is 449 g/mol. The highest BCUT2D eigenvalue weighted by Crippen LogP contribution is 2.32. The Labute approximate surface area is 175 Å². The number of methoxy groups -OCH3 is 1. The molecule has 1 aromatic rings. The van der Waals surface area contributed by atoms with E-state index in [1.54, 1.807) is 0 Å². The second-order valence-electron chi connectivity index (χ2n) is 7.52. The van der Waals surface area contributed by atoms with Crippen LogP contribution in [-0.4, -0.2) is 71.8 Å². The Morgan fingerprint density at radius 2 is 1.97 bits per heavy atom. The number of carbonyl (C=O) groups is 2. The van der Waals surface area contributed by atoms with E-state index < -0.39 is 42.2 Å². The van der Waals surface area contributed by atoms with Gasteiger partial charge in [-0.15, -0.1) is 13.2 Å². The second-order valence-corrected chi connectivity index (χ2v) is 7.52. The molecule has 2 atom stereocenters. The van der Waals surface area contributed by atoms with Crippen LogP contribution in [0.1, 0.15) is 24.8 Å². The minimum atomic E-state index is -4.93. The molecule has 12 heteroatoms. The number of benzene rings is 1. The van der Waals surface area contributed by atoms with Gasteiger partial charge in [-0.1, -0.05) is 6.07 Å². The van der Waals surface area contributed by atoms with Gasteiger partial charge in [-0.2, -0.15) is 0 Å². The lowest BCUT2D eigenvalue weighted by atomic mass is 10.0. The molecule has 2 fully saturated rings. The van der Waals surface area contributed by atoms with Crippen LogP contribution in [0, 0.1) is 5.82 Å². The molecular formula is C19H23F4N3O5. The molecule has 1 aliphatic carbocycles. The number of aliphatic hydroxyl groups excluding tert-OH is 1. The molecule has 0 bridgehead atoms. The highest BCUT2D eigenvalue weighted by molar-refractivity contribution is 5.75. The number of β-amino-alcohol motifs (C(OH)–C–C–N with tert-alkyl or cyclic N) is 1. The Morgan fingerprint density at radius 1 is 1.26 bits per heavy atom. The molecule has 2 N–H and O–H groups in total. The topological polar surface area (TPSA) is 91.3 Å². The number of nitrogens with one attached hydrogen (secondary N) is 1. The largest absolute Gasteiger partial charge is 0.573 e. The van der Waals surface area contributed by atoms with Gasteiger partial charge in [0.25, 0.3) is 0 Å². The van der Waals surface area contributed by atoms with Gasteiger partial charge in [0, 0.05) is 30.8 Å².